The minimum atomic E-state index is 0.404. The maximum Gasteiger partial charge on any atom is 0.172 e. The summed E-state index contributed by atoms with van der Waals surface area (Å²) in [5, 5.41) is 4.12. The van der Waals surface area contributed by atoms with Crippen molar-refractivity contribution in [1.82, 2.24) is 14.8 Å². The fraction of sp³-hybridized carbons (Fsp3) is 0.182. The molecule has 0 unspecified atom stereocenters. The molecule has 2 rings (SSSR count). The highest BCUT2D eigenvalue weighted by Crippen LogP contribution is 1.99. The Labute approximate surface area is 93.6 Å². The second-order valence-electron chi connectivity index (χ2n) is 3.40. The van der Waals surface area contributed by atoms with E-state index in [-0.39, 0.29) is 0 Å². The summed E-state index contributed by atoms with van der Waals surface area (Å²) >= 11 is 0. The minimum Gasteiger partial charge on any atom is -0.383 e. The molecule has 0 atom stereocenters. The van der Waals surface area contributed by atoms with Crippen LogP contribution in [0.2, 0.25) is 0 Å². The lowest BCUT2D eigenvalue weighted by Gasteiger charge is -1.98. The van der Waals surface area contributed by atoms with Gasteiger partial charge < -0.3 is 5.73 Å². The lowest BCUT2D eigenvalue weighted by atomic mass is 10.2. The topological polar surface area (TPSA) is 69.1 Å². The van der Waals surface area contributed by atoms with Crippen LogP contribution in [0.1, 0.15) is 11.4 Å². The van der Waals surface area contributed by atoms with Gasteiger partial charge in [-0.15, -0.1) is 0 Å². The highest BCUT2D eigenvalue weighted by molar-refractivity contribution is 5.97. The number of aryl methyl sites for hydroxylation is 1. The number of rotatable bonds is 3. The Balaban J connectivity index is 2.08. The van der Waals surface area contributed by atoms with Crippen molar-refractivity contribution in [2.75, 3.05) is 0 Å². The molecular weight excluding hydrogens is 202 g/mol. The lowest BCUT2D eigenvalue weighted by Crippen LogP contribution is -2.13. The number of benzene rings is 1. The maximum atomic E-state index is 5.84. The zero-order valence-electron chi connectivity index (χ0n) is 9.04. The van der Waals surface area contributed by atoms with Gasteiger partial charge in [0, 0.05) is 12.6 Å². The van der Waals surface area contributed by atoms with Crippen LogP contribution in [0.4, 0.5) is 0 Å². The monoisotopic (exact) mass is 215 g/mol. The van der Waals surface area contributed by atoms with Crippen molar-refractivity contribution < 1.29 is 0 Å². The molecule has 5 heteroatoms. The Kier molecular flexibility index (Phi) is 2.95. The third kappa shape index (κ3) is 2.44. The zero-order chi connectivity index (χ0) is 11.4. The summed E-state index contributed by atoms with van der Waals surface area (Å²) < 4.78 is 1.64. The summed E-state index contributed by atoms with van der Waals surface area (Å²) in [7, 11) is 1.82. The summed E-state index contributed by atoms with van der Waals surface area (Å²) in [5.41, 5.74) is 6.75. The van der Waals surface area contributed by atoms with E-state index in [1.807, 2.05) is 37.4 Å². The fourth-order valence-corrected chi connectivity index (χ4v) is 1.31. The van der Waals surface area contributed by atoms with E-state index in [4.69, 9.17) is 5.73 Å². The molecule has 0 fully saturated rings. The molecule has 0 saturated carbocycles. The predicted octanol–water partition coefficient (Wildman–Crippen LogP) is 0.721. The molecule has 0 aliphatic carbocycles. The van der Waals surface area contributed by atoms with Crippen LogP contribution in [0.25, 0.3) is 0 Å². The second kappa shape index (κ2) is 4.57. The van der Waals surface area contributed by atoms with Gasteiger partial charge in [-0.3, -0.25) is 9.67 Å². The number of amidine groups is 1. The van der Waals surface area contributed by atoms with E-state index in [9.17, 15) is 0 Å². The van der Waals surface area contributed by atoms with E-state index in [2.05, 4.69) is 15.1 Å². The van der Waals surface area contributed by atoms with E-state index in [1.165, 1.54) is 0 Å². The average molecular weight is 215 g/mol. The van der Waals surface area contributed by atoms with E-state index >= 15 is 0 Å². The number of aliphatic imine (C=N–C) groups is 1. The molecule has 1 aromatic carbocycles. The molecule has 0 bridgehead atoms. The number of aromatic nitrogens is 3. The second-order valence-corrected chi connectivity index (χ2v) is 3.40. The zero-order valence-corrected chi connectivity index (χ0v) is 9.04. The van der Waals surface area contributed by atoms with Crippen LogP contribution >= 0.6 is 0 Å². The van der Waals surface area contributed by atoms with Crippen molar-refractivity contribution in [1.29, 1.82) is 0 Å². The predicted molar refractivity (Wildman–Crippen MR) is 61.9 cm³/mol. The van der Waals surface area contributed by atoms with Crippen molar-refractivity contribution >= 4 is 5.84 Å². The van der Waals surface area contributed by atoms with Crippen LogP contribution in [0.5, 0.6) is 0 Å². The van der Waals surface area contributed by atoms with Crippen molar-refractivity contribution in [2.45, 2.75) is 6.54 Å². The number of hydrogen-bond donors (Lipinski definition) is 1. The maximum absolute atomic E-state index is 5.84. The summed E-state index contributed by atoms with van der Waals surface area (Å²) in [6, 6.07) is 9.64. The molecule has 16 heavy (non-hydrogen) atoms. The van der Waals surface area contributed by atoms with Gasteiger partial charge in [-0.1, -0.05) is 30.3 Å². The first-order valence-electron chi connectivity index (χ1n) is 4.95. The Morgan fingerprint density at radius 1 is 1.38 bits per heavy atom. The molecule has 0 radical (unpaired) electrons. The van der Waals surface area contributed by atoms with Crippen molar-refractivity contribution in [3.63, 3.8) is 0 Å². The fourth-order valence-electron chi connectivity index (χ4n) is 1.31. The molecule has 1 heterocycles. The van der Waals surface area contributed by atoms with Crippen LogP contribution in [-0.2, 0) is 13.6 Å². The Hall–Kier alpha value is -2.17. The van der Waals surface area contributed by atoms with E-state index < -0.39 is 0 Å². The van der Waals surface area contributed by atoms with Gasteiger partial charge in [-0.2, -0.15) is 5.10 Å². The van der Waals surface area contributed by atoms with Gasteiger partial charge in [0.2, 0.25) is 0 Å². The van der Waals surface area contributed by atoms with Crippen molar-refractivity contribution in [3.05, 3.63) is 48.0 Å². The first-order chi connectivity index (χ1) is 7.75. The molecule has 0 aliphatic rings. The lowest BCUT2D eigenvalue weighted by molar-refractivity contribution is 0.743. The smallest absolute Gasteiger partial charge is 0.172 e. The number of hydrogen-bond acceptors (Lipinski definition) is 3. The third-order valence-corrected chi connectivity index (χ3v) is 2.11. The van der Waals surface area contributed by atoms with Crippen LogP contribution in [-0.4, -0.2) is 20.6 Å². The molecule has 2 N–H and O–H groups in total. The molecule has 1 aromatic heterocycles. The quantitative estimate of drug-likeness (QED) is 0.606. The van der Waals surface area contributed by atoms with Gasteiger partial charge in [0.1, 0.15) is 18.7 Å². The molecule has 82 valence electrons. The van der Waals surface area contributed by atoms with Crippen molar-refractivity contribution in [2.24, 2.45) is 17.8 Å². The van der Waals surface area contributed by atoms with Gasteiger partial charge in [-0.25, -0.2) is 4.98 Å². The van der Waals surface area contributed by atoms with Gasteiger partial charge >= 0.3 is 0 Å². The first kappa shape index (κ1) is 10.4. The Morgan fingerprint density at radius 3 is 2.75 bits per heavy atom. The highest BCUT2D eigenvalue weighted by atomic mass is 15.3. The van der Waals surface area contributed by atoms with Crippen molar-refractivity contribution in [3.8, 4) is 0 Å². The summed E-state index contributed by atoms with van der Waals surface area (Å²) in [5.74, 6) is 1.18. The van der Waals surface area contributed by atoms with Gasteiger partial charge in [-0.05, 0) is 0 Å². The van der Waals surface area contributed by atoms with Gasteiger partial charge in [0.15, 0.2) is 5.82 Å². The largest absolute Gasteiger partial charge is 0.383 e. The molecule has 0 aliphatic heterocycles. The van der Waals surface area contributed by atoms with E-state index in [1.54, 1.807) is 11.0 Å². The standard InChI is InChI=1S/C11H13N5/c1-16-8-14-10(15-16)7-13-11(12)9-5-3-2-4-6-9/h2-6,8H,7H2,1H3,(H2,12,13). The van der Waals surface area contributed by atoms with Gasteiger partial charge in [0.25, 0.3) is 0 Å². The van der Waals surface area contributed by atoms with Gasteiger partial charge in [0.05, 0.1) is 0 Å². The highest BCUT2D eigenvalue weighted by Gasteiger charge is 1.99. The van der Waals surface area contributed by atoms with Crippen LogP contribution in [0, 0.1) is 0 Å². The molecular formula is C11H13N5. The summed E-state index contributed by atoms with van der Waals surface area (Å²) in [6.45, 7) is 0.404. The van der Waals surface area contributed by atoms with Crippen LogP contribution in [0.15, 0.2) is 41.7 Å². The molecule has 5 nitrogen and oxygen atoms in total. The normalized spacial score (nSPS) is 11.7. The summed E-state index contributed by atoms with van der Waals surface area (Å²) in [6.07, 6.45) is 1.64. The summed E-state index contributed by atoms with van der Waals surface area (Å²) in [4.78, 5) is 8.30. The number of nitrogens with two attached hydrogens (primary N) is 1. The molecule has 0 saturated heterocycles. The van der Waals surface area contributed by atoms with E-state index in [0.717, 1.165) is 5.56 Å². The van der Waals surface area contributed by atoms with E-state index in [0.29, 0.717) is 18.2 Å². The van der Waals surface area contributed by atoms with Crippen LogP contribution < -0.4 is 5.73 Å². The molecule has 0 amide bonds. The van der Waals surface area contributed by atoms with Crippen LogP contribution in [0.3, 0.4) is 0 Å². The average Bonchev–Trinajstić information content (AvgIpc) is 2.73. The Morgan fingerprint density at radius 2 is 2.12 bits per heavy atom. The Bertz CT molecular complexity index is 486. The minimum absolute atomic E-state index is 0.404. The number of nitrogens with zero attached hydrogens (tertiary/aromatic N) is 4. The molecule has 0 spiro atoms. The third-order valence-electron chi connectivity index (χ3n) is 2.11. The molecule has 2 aromatic rings. The first-order valence-corrected chi connectivity index (χ1v) is 4.95. The SMILES string of the molecule is Cn1cnc(CN=C(N)c2ccccc2)n1.